The lowest BCUT2D eigenvalue weighted by atomic mass is 10.2. The smallest absolute Gasteiger partial charge is 0.184 e. The standard InChI is InChI=1S/C33H29O3PS/c1-36-32-25-15-14-24-31(32)33(38(34,35)26-27-16-6-2-7-17-27)37(28-18-8-3-9-19-28,29-20-10-4-11-21-29)30-22-12-5-13-23-30/h2-25H,26H2,1H3. The summed E-state index contributed by atoms with van der Waals surface area (Å²) < 4.78 is 35.9. The van der Waals surface area contributed by atoms with Crippen LogP contribution in [0.25, 0.3) is 0 Å². The van der Waals surface area contributed by atoms with Crippen LogP contribution >= 0.6 is 6.89 Å². The fourth-order valence-corrected chi connectivity index (χ4v) is 13.1. The van der Waals surface area contributed by atoms with E-state index in [-0.39, 0.29) is 5.75 Å². The van der Waals surface area contributed by atoms with E-state index in [0.717, 1.165) is 21.5 Å². The first-order valence-corrected chi connectivity index (χ1v) is 15.8. The number of ether oxygens (including phenoxy) is 1. The SMILES string of the molecule is COc1ccccc1C(=P(c1ccccc1)(c1ccccc1)c1ccccc1)S(=O)(=O)Cc1ccccc1. The highest BCUT2D eigenvalue weighted by molar-refractivity contribution is 8.20. The molecule has 0 aliphatic heterocycles. The monoisotopic (exact) mass is 536 g/mol. The van der Waals surface area contributed by atoms with Gasteiger partial charge in [-0.15, -0.1) is 0 Å². The fourth-order valence-electron chi connectivity index (χ4n) is 4.99. The minimum absolute atomic E-state index is 0.116. The van der Waals surface area contributed by atoms with Crippen LogP contribution in [0.1, 0.15) is 11.1 Å². The van der Waals surface area contributed by atoms with Crippen LogP contribution < -0.4 is 20.7 Å². The van der Waals surface area contributed by atoms with Crippen LogP contribution in [0.3, 0.4) is 0 Å². The van der Waals surface area contributed by atoms with Crippen molar-refractivity contribution in [3.8, 4) is 5.75 Å². The van der Waals surface area contributed by atoms with Gasteiger partial charge in [-0.3, -0.25) is 0 Å². The van der Waals surface area contributed by atoms with Gasteiger partial charge < -0.3 is 4.74 Å². The topological polar surface area (TPSA) is 43.4 Å². The van der Waals surface area contributed by atoms with Crippen LogP contribution in [-0.2, 0) is 15.6 Å². The Morgan fingerprint density at radius 1 is 0.579 bits per heavy atom. The van der Waals surface area contributed by atoms with Gasteiger partial charge in [-0.25, -0.2) is 8.42 Å². The average Bonchev–Trinajstić information content (AvgIpc) is 2.97. The molecule has 0 atom stereocenters. The van der Waals surface area contributed by atoms with Crippen molar-refractivity contribution in [3.63, 3.8) is 0 Å². The van der Waals surface area contributed by atoms with Gasteiger partial charge in [0, 0.05) is 5.56 Å². The summed E-state index contributed by atoms with van der Waals surface area (Å²) in [5.41, 5.74) is 1.34. The van der Waals surface area contributed by atoms with E-state index in [9.17, 15) is 8.42 Å². The van der Waals surface area contributed by atoms with Crippen molar-refractivity contribution in [2.75, 3.05) is 7.11 Å². The van der Waals surface area contributed by atoms with Gasteiger partial charge in [0.1, 0.15) is 5.75 Å². The average molecular weight is 537 g/mol. The molecule has 0 N–H and O–H groups in total. The second kappa shape index (κ2) is 11.3. The summed E-state index contributed by atoms with van der Waals surface area (Å²) in [7, 11) is -2.29. The van der Waals surface area contributed by atoms with E-state index in [1.54, 1.807) is 7.11 Å². The Morgan fingerprint density at radius 3 is 1.42 bits per heavy atom. The minimum atomic E-state index is -3.88. The number of para-hydroxylation sites is 1. The zero-order valence-electron chi connectivity index (χ0n) is 21.1. The molecule has 0 saturated carbocycles. The molecule has 0 saturated heterocycles. The third-order valence-electron chi connectivity index (χ3n) is 6.57. The molecule has 0 spiro atoms. The number of rotatable bonds is 8. The molecule has 0 heterocycles. The summed E-state index contributed by atoms with van der Waals surface area (Å²) in [5, 5.41) is 2.90. The van der Waals surface area contributed by atoms with Gasteiger partial charge in [0.2, 0.25) is 0 Å². The number of methoxy groups -OCH3 is 1. The molecule has 5 heteroatoms. The lowest BCUT2D eigenvalue weighted by molar-refractivity contribution is 0.414. The van der Waals surface area contributed by atoms with E-state index < -0.39 is 16.7 Å². The number of hydrogen-bond acceptors (Lipinski definition) is 3. The van der Waals surface area contributed by atoms with Gasteiger partial charge in [0.05, 0.1) is 17.5 Å². The summed E-state index contributed by atoms with van der Waals surface area (Å²) in [6.45, 7) is -2.94. The second-order valence-corrected chi connectivity index (χ2v) is 14.5. The third kappa shape index (κ3) is 4.86. The molecule has 5 rings (SSSR count). The molecule has 5 aromatic carbocycles. The highest BCUT2D eigenvalue weighted by atomic mass is 32.2. The van der Waals surface area contributed by atoms with Crippen LogP contribution in [-0.4, -0.2) is 20.2 Å². The maximum absolute atomic E-state index is 14.9. The fraction of sp³-hybridized carbons (Fsp3) is 0.0606. The Bertz CT molecular complexity index is 1560. The molecule has 190 valence electrons. The van der Waals surface area contributed by atoms with Crippen LogP contribution in [0.5, 0.6) is 5.75 Å². The van der Waals surface area contributed by atoms with E-state index in [2.05, 4.69) is 36.4 Å². The molecule has 0 unspecified atom stereocenters. The normalized spacial score (nSPS) is 11.6. The van der Waals surface area contributed by atoms with Gasteiger partial charge in [0.25, 0.3) is 0 Å². The van der Waals surface area contributed by atoms with Gasteiger partial charge in [-0.2, -0.15) is 0 Å². The third-order valence-corrected chi connectivity index (χ3v) is 13.8. The minimum Gasteiger partial charge on any atom is -0.496 e. The van der Waals surface area contributed by atoms with E-state index in [4.69, 9.17) is 4.74 Å². The zero-order valence-corrected chi connectivity index (χ0v) is 22.9. The van der Waals surface area contributed by atoms with Crippen LogP contribution in [0.2, 0.25) is 0 Å². The maximum atomic E-state index is 14.9. The molecule has 0 aromatic heterocycles. The quantitative estimate of drug-likeness (QED) is 0.236. The molecular formula is C33H29O3PS. The summed E-state index contributed by atoms with van der Waals surface area (Å²) in [5.74, 6) is 0.418. The van der Waals surface area contributed by atoms with Crippen molar-refractivity contribution >= 4 is 37.3 Å². The summed E-state index contributed by atoms with van der Waals surface area (Å²) in [6, 6.07) is 47.0. The molecular weight excluding hydrogens is 507 g/mol. The van der Waals surface area contributed by atoms with Gasteiger partial charge in [-0.05, 0) is 40.5 Å². The molecule has 5 aromatic rings. The van der Waals surface area contributed by atoms with Crippen molar-refractivity contribution in [3.05, 3.63) is 157 Å². The molecule has 0 aliphatic carbocycles. The lowest BCUT2D eigenvalue weighted by Crippen LogP contribution is -2.34. The molecule has 0 bridgehead atoms. The van der Waals surface area contributed by atoms with E-state index in [1.807, 2.05) is 109 Å². The Kier molecular flexibility index (Phi) is 7.64. The Hall–Kier alpha value is -3.85. The molecule has 0 radical (unpaired) electrons. The van der Waals surface area contributed by atoms with E-state index >= 15 is 0 Å². The van der Waals surface area contributed by atoms with Crippen molar-refractivity contribution in [1.29, 1.82) is 0 Å². The van der Waals surface area contributed by atoms with E-state index in [0.29, 0.717) is 15.9 Å². The predicted octanol–water partition coefficient (Wildman–Crippen LogP) is 5.78. The molecule has 0 fully saturated rings. The van der Waals surface area contributed by atoms with Crippen molar-refractivity contribution < 1.29 is 13.2 Å². The summed E-state index contributed by atoms with van der Waals surface area (Å²) in [4.78, 5) is 0. The zero-order chi connectivity index (χ0) is 26.4. The van der Waals surface area contributed by atoms with Crippen LogP contribution in [0.4, 0.5) is 0 Å². The first-order valence-electron chi connectivity index (χ1n) is 12.4. The first kappa shape index (κ1) is 25.8. The highest BCUT2D eigenvalue weighted by Gasteiger charge is 2.38. The summed E-state index contributed by atoms with van der Waals surface area (Å²) >= 11 is 0. The molecule has 38 heavy (non-hydrogen) atoms. The highest BCUT2D eigenvalue weighted by Crippen LogP contribution is 2.50. The predicted molar refractivity (Wildman–Crippen MR) is 161 cm³/mol. The molecule has 0 aliphatic rings. The second-order valence-electron chi connectivity index (χ2n) is 8.93. The Morgan fingerprint density at radius 2 is 0.974 bits per heavy atom. The van der Waals surface area contributed by atoms with Crippen molar-refractivity contribution in [2.45, 2.75) is 5.75 Å². The number of hydrogen-bond donors (Lipinski definition) is 0. The first-order chi connectivity index (χ1) is 18.6. The Labute approximate surface area is 225 Å². The van der Waals surface area contributed by atoms with Gasteiger partial charge in [0.15, 0.2) is 9.84 Å². The Balaban J connectivity index is 2.07. The van der Waals surface area contributed by atoms with Gasteiger partial charge >= 0.3 is 0 Å². The van der Waals surface area contributed by atoms with Crippen LogP contribution in [0.15, 0.2) is 146 Å². The molecule has 3 nitrogen and oxygen atoms in total. The van der Waals surface area contributed by atoms with Gasteiger partial charge in [-0.1, -0.05) is 133 Å². The number of sulfone groups is 1. The number of benzene rings is 5. The van der Waals surface area contributed by atoms with Crippen molar-refractivity contribution in [2.24, 2.45) is 0 Å². The largest absolute Gasteiger partial charge is 0.496 e. The van der Waals surface area contributed by atoms with Crippen molar-refractivity contribution in [1.82, 2.24) is 0 Å². The van der Waals surface area contributed by atoms with E-state index in [1.165, 1.54) is 0 Å². The lowest BCUT2D eigenvalue weighted by Gasteiger charge is -2.33. The maximum Gasteiger partial charge on any atom is 0.184 e. The molecule has 0 amide bonds. The summed E-state index contributed by atoms with van der Waals surface area (Å²) in [6.07, 6.45) is 0. The van der Waals surface area contributed by atoms with Crippen LogP contribution in [0, 0.1) is 0 Å².